The monoisotopic (exact) mass is 424 g/mol. The summed E-state index contributed by atoms with van der Waals surface area (Å²) < 4.78 is 52.9. The van der Waals surface area contributed by atoms with Gasteiger partial charge in [-0.2, -0.15) is 0 Å². The second kappa shape index (κ2) is 6.50. The molecule has 0 radical (unpaired) electrons. The molecule has 1 aliphatic rings. The van der Waals surface area contributed by atoms with Crippen molar-refractivity contribution in [1.29, 1.82) is 0 Å². The molecule has 0 saturated heterocycles. The van der Waals surface area contributed by atoms with Crippen LogP contribution in [0.3, 0.4) is 0 Å². The van der Waals surface area contributed by atoms with Crippen molar-refractivity contribution in [2.45, 2.75) is 18.2 Å². The molecule has 2 nitrogen and oxygen atoms in total. The van der Waals surface area contributed by atoms with Crippen molar-refractivity contribution < 1.29 is 17.2 Å². The van der Waals surface area contributed by atoms with Crippen LogP contribution in [0.25, 0.3) is 11.1 Å². The number of allylic oxidation sites excluding steroid dienone is 4. The smallest absolute Gasteiger partial charge is 0.178 e. The number of halogens is 3. The van der Waals surface area contributed by atoms with Gasteiger partial charge in [0.15, 0.2) is 9.84 Å². The fourth-order valence-electron chi connectivity index (χ4n) is 2.89. The highest BCUT2D eigenvalue weighted by molar-refractivity contribution is 9.10. The van der Waals surface area contributed by atoms with Crippen LogP contribution in [0.5, 0.6) is 0 Å². The third-order valence-corrected chi connectivity index (χ3v) is 6.15. The Morgan fingerprint density at radius 1 is 1.08 bits per heavy atom. The molecular formula is C19H15BrF2O2S. The summed E-state index contributed by atoms with van der Waals surface area (Å²) in [7, 11) is -3.82. The number of hydrogen-bond acceptors (Lipinski definition) is 2. The van der Waals surface area contributed by atoms with E-state index in [-0.39, 0.29) is 5.56 Å². The van der Waals surface area contributed by atoms with Crippen molar-refractivity contribution in [3.05, 3.63) is 75.3 Å². The first-order valence-corrected chi connectivity index (χ1v) is 10.2. The first-order chi connectivity index (χ1) is 11.7. The Labute approximate surface area is 153 Å². The lowest BCUT2D eigenvalue weighted by atomic mass is 9.95. The van der Waals surface area contributed by atoms with Crippen molar-refractivity contribution in [2.75, 3.05) is 6.26 Å². The molecule has 0 fully saturated rings. The van der Waals surface area contributed by atoms with Gasteiger partial charge in [0, 0.05) is 16.3 Å². The summed E-state index contributed by atoms with van der Waals surface area (Å²) in [4.78, 5) is -0.624. The minimum absolute atomic E-state index is 0.0884. The highest BCUT2D eigenvalue weighted by Gasteiger charge is 2.22. The molecule has 2 aromatic carbocycles. The highest BCUT2D eigenvalue weighted by Crippen LogP contribution is 2.38. The molecule has 0 aromatic heterocycles. The Bertz CT molecular complexity index is 1040. The van der Waals surface area contributed by atoms with Crippen LogP contribution in [0.4, 0.5) is 8.78 Å². The summed E-state index contributed by atoms with van der Waals surface area (Å²) >= 11 is 3.45. The van der Waals surface area contributed by atoms with Gasteiger partial charge in [-0.15, -0.1) is 0 Å². The molecule has 25 heavy (non-hydrogen) atoms. The van der Waals surface area contributed by atoms with E-state index < -0.39 is 26.4 Å². The molecule has 0 atom stereocenters. The van der Waals surface area contributed by atoms with E-state index in [4.69, 9.17) is 0 Å². The summed E-state index contributed by atoms with van der Waals surface area (Å²) in [6.45, 7) is 1.95. The van der Waals surface area contributed by atoms with Crippen LogP contribution >= 0.6 is 15.9 Å². The normalized spacial score (nSPS) is 14.4. The molecule has 0 aliphatic heterocycles. The molecule has 6 heteroatoms. The SMILES string of the molecule is Cc1cc(C2=C(c3cc(F)c(S(C)(=O)=O)cc3F)CC=C2)ccc1Br. The number of aryl methyl sites for hydroxylation is 1. The number of sulfone groups is 1. The highest BCUT2D eigenvalue weighted by atomic mass is 79.9. The number of rotatable bonds is 3. The molecule has 0 bridgehead atoms. The van der Waals surface area contributed by atoms with Crippen molar-refractivity contribution >= 4 is 36.9 Å². The number of benzene rings is 2. The Morgan fingerprint density at radius 3 is 2.44 bits per heavy atom. The van der Waals surface area contributed by atoms with E-state index in [2.05, 4.69) is 15.9 Å². The van der Waals surface area contributed by atoms with Crippen LogP contribution in [0.1, 0.15) is 23.1 Å². The molecule has 0 amide bonds. The molecular weight excluding hydrogens is 410 g/mol. The van der Waals surface area contributed by atoms with Crippen LogP contribution < -0.4 is 0 Å². The lowest BCUT2D eigenvalue weighted by molar-refractivity contribution is 0.554. The maximum Gasteiger partial charge on any atom is 0.178 e. The molecule has 0 spiro atoms. The van der Waals surface area contributed by atoms with Crippen LogP contribution in [0.15, 0.2) is 51.9 Å². The van der Waals surface area contributed by atoms with Gasteiger partial charge in [0.1, 0.15) is 16.5 Å². The van der Waals surface area contributed by atoms with Gasteiger partial charge in [-0.25, -0.2) is 17.2 Å². The lowest BCUT2D eigenvalue weighted by Crippen LogP contribution is -2.04. The second-order valence-corrected chi connectivity index (χ2v) is 8.84. The fraction of sp³-hybridized carbons (Fsp3) is 0.158. The zero-order chi connectivity index (χ0) is 18.4. The van der Waals surface area contributed by atoms with E-state index in [0.717, 1.165) is 39.6 Å². The van der Waals surface area contributed by atoms with Gasteiger partial charge in [0.25, 0.3) is 0 Å². The molecule has 1 aliphatic carbocycles. The van der Waals surface area contributed by atoms with E-state index in [1.165, 1.54) is 0 Å². The largest absolute Gasteiger partial charge is 0.224 e. The average Bonchev–Trinajstić information content (AvgIpc) is 3.00. The predicted molar refractivity (Wildman–Crippen MR) is 98.9 cm³/mol. The van der Waals surface area contributed by atoms with E-state index in [1.807, 2.05) is 37.3 Å². The fourth-order valence-corrected chi connectivity index (χ4v) is 3.86. The van der Waals surface area contributed by atoms with E-state index in [1.54, 1.807) is 0 Å². The van der Waals surface area contributed by atoms with E-state index in [9.17, 15) is 17.2 Å². The zero-order valence-electron chi connectivity index (χ0n) is 13.6. The first-order valence-electron chi connectivity index (χ1n) is 7.54. The van der Waals surface area contributed by atoms with E-state index >= 15 is 0 Å². The maximum absolute atomic E-state index is 14.5. The second-order valence-electron chi connectivity index (χ2n) is 6.00. The van der Waals surface area contributed by atoms with Crippen molar-refractivity contribution in [3.63, 3.8) is 0 Å². The third-order valence-electron chi connectivity index (χ3n) is 4.15. The summed E-state index contributed by atoms with van der Waals surface area (Å²) in [6, 6.07) is 7.51. The minimum Gasteiger partial charge on any atom is -0.224 e. The Balaban J connectivity index is 2.18. The zero-order valence-corrected chi connectivity index (χ0v) is 16.0. The van der Waals surface area contributed by atoms with Gasteiger partial charge in [-0.1, -0.05) is 40.2 Å². The summed E-state index contributed by atoms with van der Waals surface area (Å²) in [5, 5.41) is 0. The van der Waals surface area contributed by atoms with Gasteiger partial charge in [0.2, 0.25) is 0 Å². The van der Waals surface area contributed by atoms with Crippen molar-refractivity contribution in [2.24, 2.45) is 0 Å². The summed E-state index contributed by atoms with van der Waals surface area (Å²) in [6.07, 6.45) is 5.07. The van der Waals surface area contributed by atoms with Gasteiger partial charge >= 0.3 is 0 Å². The Hall–Kier alpha value is -1.79. The van der Waals surface area contributed by atoms with Crippen molar-refractivity contribution in [3.8, 4) is 0 Å². The lowest BCUT2D eigenvalue weighted by Gasteiger charge is -2.12. The topological polar surface area (TPSA) is 34.1 Å². The molecule has 2 aromatic rings. The maximum atomic E-state index is 14.5. The average molecular weight is 425 g/mol. The summed E-state index contributed by atoms with van der Waals surface area (Å²) in [5.41, 5.74) is 3.46. The molecule has 130 valence electrons. The third kappa shape index (κ3) is 3.46. The first kappa shape index (κ1) is 18.0. The Morgan fingerprint density at radius 2 is 1.80 bits per heavy atom. The standard InChI is InChI=1S/C19H15BrF2O2S/c1-11-8-12(6-7-16(11)20)13-4-3-5-14(13)15-9-18(22)19(10-17(15)21)25(2,23)24/h3-4,6-10H,5H2,1-2H3. The van der Waals surface area contributed by atoms with Crippen LogP contribution in [0.2, 0.25) is 0 Å². The number of hydrogen-bond donors (Lipinski definition) is 0. The van der Waals surface area contributed by atoms with Crippen LogP contribution in [0, 0.1) is 18.6 Å². The minimum atomic E-state index is -3.82. The predicted octanol–water partition coefficient (Wildman–Crippen LogP) is 5.31. The van der Waals surface area contributed by atoms with Crippen LogP contribution in [-0.2, 0) is 9.84 Å². The van der Waals surface area contributed by atoms with Gasteiger partial charge < -0.3 is 0 Å². The van der Waals surface area contributed by atoms with Crippen LogP contribution in [-0.4, -0.2) is 14.7 Å². The quantitative estimate of drug-likeness (QED) is 0.668. The molecule has 0 saturated carbocycles. The van der Waals surface area contributed by atoms with Gasteiger partial charge in [0.05, 0.1) is 0 Å². The van der Waals surface area contributed by atoms with E-state index in [0.29, 0.717) is 12.0 Å². The molecule has 3 rings (SSSR count). The van der Waals surface area contributed by atoms with Gasteiger partial charge in [-0.3, -0.25) is 0 Å². The van der Waals surface area contributed by atoms with Gasteiger partial charge in [-0.05, 0) is 53.8 Å². The molecule has 0 N–H and O–H groups in total. The molecule has 0 heterocycles. The van der Waals surface area contributed by atoms with Crippen molar-refractivity contribution in [1.82, 2.24) is 0 Å². The Kier molecular flexibility index (Phi) is 4.68. The summed E-state index contributed by atoms with van der Waals surface area (Å²) in [5.74, 6) is -1.68. The molecule has 0 unspecified atom stereocenters.